The minimum Gasteiger partial charge on any atom is -0.382 e. The number of nitrogens with zero attached hydrogens (tertiary/aromatic N) is 1. The lowest BCUT2D eigenvalue weighted by molar-refractivity contribution is 0.0481. The lowest BCUT2D eigenvalue weighted by Gasteiger charge is -2.34. The molecular formula is C12H26N2O2. The van der Waals surface area contributed by atoms with Crippen molar-refractivity contribution < 1.29 is 9.47 Å². The Bertz CT molecular complexity index is 176. The summed E-state index contributed by atoms with van der Waals surface area (Å²) in [6, 6.07) is 0.317. The van der Waals surface area contributed by atoms with Crippen LogP contribution in [-0.2, 0) is 9.47 Å². The van der Waals surface area contributed by atoms with Gasteiger partial charge in [-0.25, -0.2) is 0 Å². The molecule has 0 aromatic heterocycles. The zero-order valence-electron chi connectivity index (χ0n) is 10.7. The maximum absolute atomic E-state index is 5.95. The normalized spacial score (nSPS) is 24.6. The second kappa shape index (κ2) is 8.01. The molecule has 0 saturated carbocycles. The van der Waals surface area contributed by atoms with E-state index in [9.17, 15) is 0 Å². The highest BCUT2D eigenvalue weighted by Crippen LogP contribution is 2.18. The van der Waals surface area contributed by atoms with E-state index >= 15 is 0 Å². The van der Waals surface area contributed by atoms with Crippen molar-refractivity contribution in [2.45, 2.75) is 25.8 Å². The van der Waals surface area contributed by atoms with Crippen LogP contribution in [-0.4, -0.2) is 57.5 Å². The quantitative estimate of drug-likeness (QED) is 0.654. The van der Waals surface area contributed by atoms with Crippen molar-refractivity contribution in [3.63, 3.8) is 0 Å². The van der Waals surface area contributed by atoms with E-state index in [1.165, 1.54) is 19.4 Å². The average Bonchev–Trinajstić information content (AvgIpc) is 2.29. The molecule has 16 heavy (non-hydrogen) atoms. The summed E-state index contributed by atoms with van der Waals surface area (Å²) in [4.78, 5) is 2.46. The van der Waals surface area contributed by atoms with Crippen molar-refractivity contribution in [3.8, 4) is 0 Å². The summed E-state index contributed by atoms with van der Waals surface area (Å²) in [5.41, 5.74) is 5.95. The summed E-state index contributed by atoms with van der Waals surface area (Å²) in [5, 5.41) is 0. The van der Waals surface area contributed by atoms with E-state index in [2.05, 4.69) is 11.8 Å². The SMILES string of the molecule is COCCOCCN1CCCC(C(C)N)C1. The summed E-state index contributed by atoms with van der Waals surface area (Å²) in [5.74, 6) is 0.660. The third-order valence-corrected chi connectivity index (χ3v) is 3.27. The van der Waals surface area contributed by atoms with Crippen LogP contribution in [0.15, 0.2) is 0 Å². The highest BCUT2D eigenvalue weighted by atomic mass is 16.5. The second-order valence-corrected chi connectivity index (χ2v) is 4.67. The van der Waals surface area contributed by atoms with E-state index in [-0.39, 0.29) is 0 Å². The number of hydrogen-bond acceptors (Lipinski definition) is 4. The number of hydrogen-bond donors (Lipinski definition) is 1. The monoisotopic (exact) mass is 230 g/mol. The average molecular weight is 230 g/mol. The van der Waals surface area contributed by atoms with Crippen LogP contribution in [0.4, 0.5) is 0 Å². The molecule has 4 nitrogen and oxygen atoms in total. The fourth-order valence-electron chi connectivity index (χ4n) is 2.16. The highest BCUT2D eigenvalue weighted by molar-refractivity contribution is 4.78. The van der Waals surface area contributed by atoms with E-state index in [1.807, 2.05) is 0 Å². The largest absolute Gasteiger partial charge is 0.382 e. The summed E-state index contributed by atoms with van der Waals surface area (Å²) in [6.45, 7) is 7.64. The summed E-state index contributed by atoms with van der Waals surface area (Å²) in [7, 11) is 1.70. The standard InChI is InChI=1S/C12H26N2O2/c1-11(13)12-4-3-5-14(10-12)6-7-16-9-8-15-2/h11-12H,3-10,13H2,1-2H3. The minimum absolute atomic E-state index is 0.317. The molecule has 1 heterocycles. The van der Waals surface area contributed by atoms with Crippen LogP contribution in [0.2, 0.25) is 0 Å². The number of likely N-dealkylation sites (tertiary alicyclic amines) is 1. The van der Waals surface area contributed by atoms with Gasteiger partial charge in [-0.15, -0.1) is 0 Å². The minimum atomic E-state index is 0.317. The van der Waals surface area contributed by atoms with Gasteiger partial charge in [-0.05, 0) is 32.2 Å². The maximum Gasteiger partial charge on any atom is 0.0700 e. The molecule has 1 saturated heterocycles. The molecule has 2 N–H and O–H groups in total. The van der Waals surface area contributed by atoms with Crippen molar-refractivity contribution in [2.24, 2.45) is 11.7 Å². The highest BCUT2D eigenvalue weighted by Gasteiger charge is 2.21. The van der Waals surface area contributed by atoms with E-state index < -0.39 is 0 Å². The topological polar surface area (TPSA) is 47.7 Å². The Morgan fingerprint density at radius 1 is 1.38 bits per heavy atom. The van der Waals surface area contributed by atoms with Crippen LogP contribution in [0.25, 0.3) is 0 Å². The predicted octanol–water partition coefficient (Wildman–Crippen LogP) is 0.709. The molecule has 2 unspecified atom stereocenters. The van der Waals surface area contributed by atoms with E-state index in [4.69, 9.17) is 15.2 Å². The Morgan fingerprint density at radius 3 is 2.88 bits per heavy atom. The Morgan fingerprint density at radius 2 is 2.19 bits per heavy atom. The van der Waals surface area contributed by atoms with Crippen LogP contribution < -0.4 is 5.73 Å². The fourth-order valence-corrected chi connectivity index (χ4v) is 2.16. The number of methoxy groups -OCH3 is 1. The van der Waals surface area contributed by atoms with E-state index in [1.54, 1.807) is 7.11 Å². The van der Waals surface area contributed by atoms with Crippen LogP contribution in [0.1, 0.15) is 19.8 Å². The van der Waals surface area contributed by atoms with Gasteiger partial charge in [-0.2, -0.15) is 0 Å². The third-order valence-electron chi connectivity index (χ3n) is 3.27. The molecular weight excluding hydrogens is 204 g/mol. The Hall–Kier alpha value is -0.160. The van der Waals surface area contributed by atoms with Gasteiger partial charge in [0.1, 0.15) is 0 Å². The van der Waals surface area contributed by atoms with Crippen molar-refractivity contribution >= 4 is 0 Å². The molecule has 2 atom stereocenters. The van der Waals surface area contributed by atoms with Crippen LogP contribution in [0.5, 0.6) is 0 Å². The molecule has 0 aromatic rings. The van der Waals surface area contributed by atoms with Crippen LogP contribution in [0.3, 0.4) is 0 Å². The first kappa shape index (κ1) is 13.9. The van der Waals surface area contributed by atoms with Crippen molar-refractivity contribution in [1.29, 1.82) is 0 Å². The molecule has 0 radical (unpaired) electrons. The molecule has 0 aliphatic carbocycles. The molecule has 1 aliphatic rings. The van der Waals surface area contributed by atoms with E-state index in [0.29, 0.717) is 25.2 Å². The molecule has 1 aliphatic heterocycles. The van der Waals surface area contributed by atoms with Gasteiger partial charge in [0, 0.05) is 26.2 Å². The molecule has 1 rings (SSSR count). The molecule has 0 spiro atoms. The molecule has 4 heteroatoms. The van der Waals surface area contributed by atoms with Gasteiger partial charge in [-0.1, -0.05) is 0 Å². The molecule has 0 amide bonds. The zero-order chi connectivity index (χ0) is 11.8. The summed E-state index contributed by atoms with van der Waals surface area (Å²) in [6.07, 6.45) is 2.54. The predicted molar refractivity (Wildman–Crippen MR) is 65.5 cm³/mol. The second-order valence-electron chi connectivity index (χ2n) is 4.67. The smallest absolute Gasteiger partial charge is 0.0700 e. The maximum atomic E-state index is 5.95. The molecule has 1 fully saturated rings. The van der Waals surface area contributed by atoms with E-state index in [0.717, 1.165) is 19.7 Å². The number of ether oxygens (including phenoxy) is 2. The number of piperidine rings is 1. The Labute approximate surface area is 99.1 Å². The van der Waals surface area contributed by atoms with Crippen LogP contribution in [0, 0.1) is 5.92 Å². The van der Waals surface area contributed by atoms with Gasteiger partial charge in [-0.3, -0.25) is 0 Å². The van der Waals surface area contributed by atoms with Crippen molar-refractivity contribution in [1.82, 2.24) is 4.90 Å². The zero-order valence-corrected chi connectivity index (χ0v) is 10.7. The molecule has 0 bridgehead atoms. The van der Waals surface area contributed by atoms with Crippen molar-refractivity contribution in [3.05, 3.63) is 0 Å². The van der Waals surface area contributed by atoms with Gasteiger partial charge in [0.2, 0.25) is 0 Å². The first-order valence-corrected chi connectivity index (χ1v) is 6.28. The number of rotatable bonds is 7. The first-order chi connectivity index (χ1) is 7.74. The van der Waals surface area contributed by atoms with Gasteiger partial charge in [0.15, 0.2) is 0 Å². The third kappa shape index (κ3) is 5.25. The van der Waals surface area contributed by atoms with Crippen molar-refractivity contribution in [2.75, 3.05) is 46.6 Å². The number of nitrogens with two attached hydrogens (primary N) is 1. The lowest BCUT2D eigenvalue weighted by atomic mass is 9.92. The molecule has 0 aromatic carbocycles. The first-order valence-electron chi connectivity index (χ1n) is 6.28. The van der Waals surface area contributed by atoms with Gasteiger partial charge >= 0.3 is 0 Å². The molecule has 96 valence electrons. The Balaban J connectivity index is 2.07. The fraction of sp³-hybridized carbons (Fsp3) is 1.00. The summed E-state index contributed by atoms with van der Waals surface area (Å²) >= 11 is 0. The van der Waals surface area contributed by atoms with Gasteiger partial charge in [0.25, 0.3) is 0 Å². The van der Waals surface area contributed by atoms with Gasteiger partial charge in [0.05, 0.1) is 19.8 Å². The lowest BCUT2D eigenvalue weighted by Crippen LogP contribution is -2.43. The Kier molecular flexibility index (Phi) is 6.96. The summed E-state index contributed by atoms with van der Waals surface area (Å²) < 4.78 is 10.4. The van der Waals surface area contributed by atoms with Crippen LogP contribution >= 0.6 is 0 Å². The van der Waals surface area contributed by atoms with Gasteiger partial charge < -0.3 is 20.1 Å².